The molecule has 8 unspecified atom stereocenters. The lowest BCUT2D eigenvalue weighted by Crippen LogP contribution is -2.63. The van der Waals surface area contributed by atoms with Gasteiger partial charge in [-0.2, -0.15) is 0 Å². The molecule has 57 heavy (non-hydrogen) atoms. The summed E-state index contributed by atoms with van der Waals surface area (Å²) in [6, 6.07) is 8.13. The van der Waals surface area contributed by atoms with E-state index in [4.69, 9.17) is 16.3 Å². The quantitative estimate of drug-likeness (QED) is 0.157. The Labute approximate surface area is 349 Å². The third-order valence-electron chi connectivity index (χ3n) is 17.1. The minimum absolute atomic E-state index is 0.112. The fourth-order valence-electron chi connectivity index (χ4n) is 14.4. The number of carbonyl (C=O) groups is 3. The molecule has 1 aromatic carbocycles. The number of fused-ring (bicyclic) bond motifs is 7. The average Bonchev–Trinajstić information content (AvgIpc) is 3.78. The van der Waals surface area contributed by atoms with E-state index in [9.17, 15) is 19.5 Å². The number of allylic oxidation sites excluding steroid dienone is 1. The summed E-state index contributed by atoms with van der Waals surface area (Å²) in [5.41, 5.74) is 2.44. The predicted octanol–water partition coefficient (Wildman–Crippen LogP) is 9.72. The van der Waals surface area contributed by atoms with E-state index < -0.39 is 16.9 Å². The van der Waals surface area contributed by atoms with E-state index in [-0.39, 0.29) is 46.4 Å². The Kier molecular flexibility index (Phi) is 12.1. The Morgan fingerprint density at radius 2 is 1.67 bits per heavy atom. The number of nitrogens with zero attached hydrogens (tertiary/aromatic N) is 2. The summed E-state index contributed by atoms with van der Waals surface area (Å²) in [4.78, 5) is 44.0. The van der Waals surface area contributed by atoms with Crippen molar-refractivity contribution in [1.29, 1.82) is 0 Å². The molecular formula is C49H73ClN2O5. The van der Waals surface area contributed by atoms with Gasteiger partial charge in [0, 0.05) is 53.9 Å². The smallest absolute Gasteiger partial charge is 0.307 e. The van der Waals surface area contributed by atoms with Gasteiger partial charge in [0.25, 0.3) is 0 Å². The number of aliphatic hydroxyl groups is 1. The fourth-order valence-corrected chi connectivity index (χ4v) is 14.5. The van der Waals surface area contributed by atoms with Crippen LogP contribution in [0.25, 0.3) is 0 Å². The summed E-state index contributed by atoms with van der Waals surface area (Å²) in [5, 5.41) is 13.5. The van der Waals surface area contributed by atoms with Crippen molar-refractivity contribution in [2.75, 3.05) is 32.7 Å². The van der Waals surface area contributed by atoms with E-state index in [0.29, 0.717) is 36.6 Å². The highest BCUT2D eigenvalue weighted by atomic mass is 35.5. The zero-order chi connectivity index (χ0) is 41.1. The monoisotopic (exact) mass is 805 g/mol. The standard InChI is InChI=1S/C49H73ClN2O5/c1-32(2)43-37(54)27-49(40(55)30-52(26-25-51-23-9-10-24-51)29-33-11-13-34(50)14-12-33)22-17-36-35(44(43)49)15-16-39-47(36,7)20-18-38-46(5,6)41(19-21-48(38,39)8)57-42(56)28-45(3,4)31-53/h11-14,31-32,35-36,38-41,55H,9-10,15-30H2,1-8H3/t35?,36?,38?,39?,40-,41?,47?,48?,49?/m0/s1. The molecule has 0 amide bonds. The maximum atomic E-state index is 14.3. The van der Waals surface area contributed by atoms with Crippen LogP contribution in [-0.4, -0.2) is 77.9 Å². The third kappa shape index (κ3) is 7.87. The number of benzene rings is 1. The summed E-state index contributed by atoms with van der Waals surface area (Å²) < 4.78 is 6.25. The lowest BCUT2D eigenvalue weighted by Gasteiger charge is -2.69. The number of ketones is 1. The second-order valence-electron chi connectivity index (χ2n) is 21.8. The van der Waals surface area contributed by atoms with Gasteiger partial charge in [-0.1, -0.05) is 84.7 Å². The summed E-state index contributed by atoms with van der Waals surface area (Å²) in [7, 11) is 0. The zero-order valence-corrected chi connectivity index (χ0v) is 37.3. The number of esters is 1. The Balaban J connectivity index is 1.13. The lowest BCUT2D eigenvalue weighted by atomic mass is 9.36. The number of carbonyl (C=O) groups excluding carboxylic acids is 3. The molecular weight excluding hydrogens is 732 g/mol. The maximum absolute atomic E-state index is 14.3. The lowest BCUT2D eigenvalue weighted by molar-refractivity contribution is -0.214. The first-order valence-electron chi connectivity index (χ1n) is 22.7. The number of hydrogen-bond donors (Lipinski definition) is 1. The molecule has 8 heteroatoms. The Bertz CT molecular complexity index is 1700. The first-order chi connectivity index (χ1) is 26.8. The van der Waals surface area contributed by atoms with Crippen LogP contribution in [-0.2, 0) is 25.7 Å². The first kappa shape index (κ1) is 43.0. The summed E-state index contributed by atoms with van der Waals surface area (Å²) in [5.74, 6) is 1.93. The van der Waals surface area contributed by atoms with Crippen LogP contribution in [0.4, 0.5) is 0 Å². The van der Waals surface area contributed by atoms with Crippen LogP contribution in [0, 0.1) is 56.7 Å². The van der Waals surface area contributed by atoms with Gasteiger partial charge in [-0.25, -0.2) is 0 Å². The van der Waals surface area contributed by atoms with E-state index >= 15 is 0 Å². The van der Waals surface area contributed by atoms with E-state index in [0.717, 1.165) is 101 Å². The van der Waals surface area contributed by atoms with Gasteiger partial charge in [-0.05, 0) is 141 Å². The van der Waals surface area contributed by atoms with Crippen LogP contribution in [0.3, 0.4) is 0 Å². The number of ether oxygens (including phenoxy) is 1. The van der Waals surface area contributed by atoms with Crippen molar-refractivity contribution in [3.8, 4) is 0 Å². The number of likely N-dealkylation sites (tertiary alicyclic amines) is 1. The van der Waals surface area contributed by atoms with Crippen LogP contribution < -0.4 is 0 Å². The van der Waals surface area contributed by atoms with Gasteiger partial charge in [0.15, 0.2) is 5.78 Å². The average molecular weight is 806 g/mol. The molecule has 0 bridgehead atoms. The number of rotatable bonds is 13. The third-order valence-corrected chi connectivity index (χ3v) is 17.3. The number of aldehydes is 1. The SMILES string of the molecule is CC(C)C1=C2C3CCC4C(C)(CCC5C(C)(C)C(OC(=O)CC(C)(C)C=O)CCC54C)C3CCC2([C@@H](O)CN(CCN2CCCC2)Cc2ccc(Cl)cc2)CC1=O. The van der Waals surface area contributed by atoms with Gasteiger partial charge in [0.1, 0.15) is 12.4 Å². The van der Waals surface area contributed by atoms with Gasteiger partial charge >= 0.3 is 5.97 Å². The molecule has 1 N–H and O–H groups in total. The van der Waals surface area contributed by atoms with Gasteiger partial charge < -0.3 is 19.5 Å². The van der Waals surface area contributed by atoms with Crippen LogP contribution in [0.1, 0.15) is 138 Å². The second kappa shape index (κ2) is 16.1. The van der Waals surface area contributed by atoms with Crippen LogP contribution in [0.2, 0.25) is 5.02 Å². The van der Waals surface area contributed by atoms with Crippen molar-refractivity contribution in [3.05, 3.63) is 46.0 Å². The molecule has 0 aromatic heterocycles. The molecule has 5 fully saturated rings. The predicted molar refractivity (Wildman–Crippen MR) is 228 cm³/mol. The molecule has 1 saturated heterocycles. The molecule has 7 rings (SSSR count). The minimum Gasteiger partial charge on any atom is -0.462 e. The van der Waals surface area contributed by atoms with E-state index in [1.165, 1.54) is 24.0 Å². The van der Waals surface area contributed by atoms with E-state index in [1.807, 2.05) is 12.1 Å². The molecule has 0 radical (unpaired) electrons. The summed E-state index contributed by atoms with van der Waals surface area (Å²) in [6.07, 6.45) is 11.4. The summed E-state index contributed by atoms with van der Waals surface area (Å²) in [6.45, 7) is 23.3. The van der Waals surface area contributed by atoms with Crippen molar-refractivity contribution in [2.24, 2.45) is 56.7 Å². The maximum Gasteiger partial charge on any atom is 0.307 e. The molecule has 1 aliphatic heterocycles. The molecule has 5 aliphatic carbocycles. The summed E-state index contributed by atoms with van der Waals surface area (Å²) >= 11 is 6.28. The normalized spacial score (nSPS) is 35.8. The Hall–Kier alpha value is -2.06. The Morgan fingerprint density at radius 1 is 0.982 bits per heavy atom. The molecule has 316 valence electrons. The topological polar surface area (TPSA) is 87.2 Å². The Morgan fingerprint density at radius 3 is 2.33 bits per heavy atom. The number of Topliss-reactive ketones (excluding diaryl/α,β-unsaturated/α-hetero) is 1. The first-order valence-corrected chi connectivity index (χ1v) is 23.0. The zero-order valence-electron chi connectivity index (χ0n) is 36.5. The van der Waals surface area contributed by atoms with Crippen molar-refractivity contribution in [1.82, 2.24) is 9.80 Å². The molecule has 1 aromatic rings. The van der Waals surface area contributed by atoms with Gasteiger partial charge in [-0.15, -0.1) is 0 Å². The number of aliphatic hydroxyl groups excluding tert-OH is 1. The van der Waals surface area contributed by atoms with E-state index in [2.05, 4.69) is 63.5 Å². The fraction of sp³-hybridized carbons (Fsp3) is 0.776. The second-order valence-corrected chi connectivity index (χ2v) is 22.2. The molecule has 1 heterocycles. The van der Waals surface area contributed by atoms with Gasteiger partial charge in [0.05, 0.1) is 12.5 Å². The van der Waals surface area contributed by atoms with Crippen molar-refractivity contribution < 1.29 is 24.2 Å². The molecule has 4 saturated carbocycles. The highest BCUT2D eigenvalue weighted by Gasteiger charge is 2.67. The van der Waals surface area contributed by atoms with Gasteiger partial charge in [0.2, 0.25) is 0 Å². The van der Waals surface area contributed by atoms with Gasteiger partial charge in [-0.3, -0.25) is 14.5 Å². The molecule has 0 spiro atoms. The largest absolute Gasteiger partial charge is 0.462 e. The van der Waals surface area contributed by atoms with Crippen molar-refractivity contribution in [2.45, 2.75) is 151 Å². The number of halogens is 1. The van der Waals surface area contributed by atoms with Crippen molar-refractivity contribution >= 4 is 29.6 Å². The molecule has 9 atom stereocenters. The molecule has 6 aliphatic rings. The number of hydrogen-bond acceptors (Lipinski definition) is 7. The highest BCUT2D eigenvalue weighted by Crippen LogP contribution is 2.73. The van der Waals surface area contributed by atoms with Crippen LogP contribution in [0.5, 0.6) is 0 Å². The minimum atomic E-state index is -0.720. The van der Waals surface area contributed by atoms with Crippen LogP contribution in [0.15, 0.2) is 35.4 Å². The highest BCUT2D eigenvalue weighted by molar-refractivity contribution is 6.30. The van der Waals surface area contributed by atoms with Crippen molar-refractivity contribution in [3.63, 3.8) is 0 Å². The molecule has 7 nitrogen and oxygen atoms in total. The van der Waals surface area contributed by atoms with Crippen LogP contribution >= 0.6 is 11.6 Å². The van der Waals surface area contributed by atoms with E-state index in [1.54, 1.807) is 13.8 Å².